The highest BCUT2D eigenvalue weighted by Gasteiger charge is 2.43. The Morgan fingerprint density at radius 2 is 1.34 bits per heavy atom. The fraction of sp³-hybridized carbons (Fsp3) is 0.662. The summed E-state index contributed by atoms with van der Waals surface area (Å²) in [6.45, 7) is 27.5. The van der Waals surface area contributed by atoms with E-state index < -0.39 is 96.3 Å². The molecule has 9 amide bonds. The van der Waals surface area contributed by atoms with Gasteiger partial charge < -0.3 is 66.4 Å². The van der Waals surface area contributed by atoms with E-state index in [9.17, 15) is 43.2 Å². The second kappa shape index (κ2) is 47.6. The van der Waals surface area contributed by atoms with Gasteiger partial charge in [0.2, 0.25) is 35.4 Å². The number of terminal acetylenes is 1. The van der Waals surface area contributed by atoms with Crippen LogP contribution < -0.4 is 37.6 Å². The lowest BCUT2D eigenvalue weighted by atomic mass is 9.90. The standard InChI is InChI=1S/C58H92N10O13.2C3H8.C2H6.C2H2/c1-14-37(4)50(45(78-11)33-47(70)68-30-19-23-44(68)51(79-12)38(5)52(72)65-43(55(75)80-13)32-40-20-16-15-17-21-40)67(10)48(71)35-61-54(74)49(36(2)3)66(9)31-28-39-24-26-41(27-25-39)63-53(73)42(22-18-29-60-56(59)76)64-46(69)34-62-57(77)81-58(6,7)8;2*1-3-2;2*1-2/h15-17,20-21,24-27,36-38,42-45,49-51H,14,18-19,22-23,28-35H2,1-13H3,(H,61,74)(H,62,77)(H,63,73)(H,64,69)(H,65,72)(H3,59,60,76);2*3H2,1-2H3;1-2H3;1-2H/t37-,38+,42-,43-,44-,45+,49?,50?,51+;;;;/m0..../s1. The van der Waals surface area contributed by atoms with Crippen LogP contribution in [0, 0.1) is 30.6 Å². The molecule has 2 aromatic rings. The molecule has 516 valence electrons. The van der Waals surface area contributed by atoms with Crippen LogP contribution in [0.1, 0.15) is 159 Å². The van der Waals surface area contributed by atoms with Crippen molar-refractivity contribution in [2.24, 2.45) is 23.5 Å². The van der Waals surface area contributed by atoms with Gasteiger partial charge in [-0.3, -0.25) is 33.7 Å². The Labute approximate surface area is 545 Å². The summed E-state index contributed by atoms with van der Waals surface area (Å²) >= 11 is 0. The molecule has 9 atom stereocenters. The van der Waals surface area contributed by atoms with Crippen LogP contribution in [0.15, 0.2) is 54.6 Å². The van der Waals surface area contributed by atoms with Gasteiger partial charge in [-0.25, -0.2) is 14.4 Å². The van der Waals surface area contributed by atoms with Gasteiger partial charge in [-0.2, -0.15) is 0 Å². The summed E-state index contributed by atoms with van der Waals surface area (Å²) < 4.78 is 22.1. The number of methoxy groups -OCH3 is 3. The number of nitrogens with zero attached hydrogens (tertiary/aromatic N) is 3. The molecule has 2 aromatic carbocycles. The summed E-state index contributed by atoms with van der Waals surface area (Å²) in [5, 5.41) is 16.0. The van der Waals surface area contributed by atoms with E-state index in [0.717, 1.165) is 11.1 Å². The molecule has 0 aliphatic carbocycles. The fourth-order valence-electron chi connectivity index (χ4n) is 10.1. The number of amides is 9. The lowest BCUT2D eigenvalue weighted by Gasteiger charge is -2.39. The number of carbonyl (C=O) groups excluding carboxylic acids is 9. The number of rotatable bonds is 32. The molecular weight excluding hydrogens is 1160 g/mol. The Morgan fingerprint density at radius 3 is 1.86 bits per heavy atom. The molecule has 8 N–H and O–H groups in total. The normalized spacial score (nSPS) is 15.0. The Balaban J connectivity index is 0. The first-order chi connectivity index (χ1) is 43.1. The third kappa shape index (κ3) is 33.0. The minimum Gasteiger partial charge on any atom is -0.467 e. The molecule has 1 saturated heterocycles. The number of hydrogen-bond donors (Lipinski definition) is 7. The molecule has 0 radical (unpaired) electrons. The third-order valence-electron chi connectivity index (χ3n) is 14.6. The van der Waals surface area contributed by atoms with Gasteiger partial charge in [-0.15, -0.1) is 12.8 Å². The van der Waals surface area contributed by atoms with Crippen molar-refractivity contribution in [1.29, 1.82) is 0 Å². The van der Waals surface area contributed by atoms with Gasteiger partial charge in [0.1, 0.15) is 24.2 Å². The molecule has 1 aliphatic rings. The van der Waals surface area contributed by atoms with Gasteiger partial charge in [-0.1, -0.05) is 138 Å². The number of urea groups is 1. The summed E-state index contributed by atoms with van der Waals surface area (Å²) in [6, 6.07) is 12.2. The van der Waals surface area contributed by atoms with Crippen molar-refractivity contribution in [3.63, 3.8) is 0 Å². The molecule has 1 aliphatic heterocycles. The van der Waals surface area contributed by atoms with E-state index in [-0.39, 0.29) is 61.9 Å². The number of hydrogen-bond acceptors (Lipinski definition) is 14. The van der Waals surface area contributed by atoms with Crippen LogP contribution in [-0.2, 0) is 65.4 Å². The lowest BCUT2D eigenvalue weighted by Crippen LogP contribution is -2.55. The number of nitrogens with two attached hydrogens (primary N) is 1. The van der Waals surface area contributed by atoms with E-state index >= 15 is 0 Å². The second-order valence-electron chi connectivity index (χ2n) is 23.6. The molecule has 2 unspecified atom stereocenters. The highest BCUT2D eigenvalue weighted by atomic mass is 16.6. The average Bonchev–Trinajstić information content (AvgIpc) is 1.97. The topological polar surface area (TPSA) is 298 Å². The minimum absolute atomic E-state index is 0.0565. The Bertz CT molecular complexity index is 2460. The first-order valence-electron chi connectivity index (χ1n) is 32.1. The number of primary amides is 1. The molecule has 0 bridgehead atoms. The predicted molar refractivity (Wildman–Crippen MR) is 359 cm³/mol. The zero-order chi connectivity index (χ0) is 70.0. The van der Waals surface area contributed by atoms with E-state index in [2.05, 4.69) is 72.4 Å². The van der Waals surface area contributed by atoms with Crippen LogP contribution in [0.5, 0.6) is 0 Å². The van der Waals surface area contributed by atoms with Gasteiger partial charge >= 0.3 is 18.1 Å². The second-order valence-corrected chi connectivity index (χ2v) is 23.6. The van der Waals surface area contributed by atoms with E-state index in [4.69, 9.17) is 24.7 Å². The van der Waals surface area contributed by atoms with Crippen LogP contribution in [0.4, 0.5) is 15.3 Å². The largest absolute Gasteiger partial charge is 0.467 e. The maximum absolute atomic E-state index is 14.3. The molecule has 23 nitrogen and oxygen atoms in total. The number of ether oxygens (including phenoxy) is 4. The van der Waals surface area contributed by atoms with Gasteiger partial charge in [0, 0.05) is 53.0 Å². The average molecular weight is 1280 g/mol. The van der Waals surface area contributed by atoms with E-state index in [1.165, 1.54) is 34.2 Å². The number of benzene rings is 2. The molecule has 23 heteroatoms. The molecule has 0 aromatic heterocycles. The summed E-state index contributed by atoms with van der Waals surface area (Å²) in [5.41, 5.74) is 6.63. The molecule has 0 saturated carbocycles. The van der Waals surface area contributed by atoms with E-state index in [1.807, 2.05) is 96.0 Å². The van der Waals surface area contributed by atoms with Gasteiger partial charge in [0.05, 0.1) is 56.3 Å². The van der Waals surface area contributed by atoms with E-state index in [0.29, 0.717) is 50.9 Å². The number of likely N-dealkylation sites (tertiary alicyclic amines) is 1. The van der Waals surface area contributed by atoms with Crippen molar-refractivity contribution in [1.82, 2.24) is 41.3 Å². The molecule has 1 fully saturated rings. The molecule has 3 rings (SSSR count). The maximum atomic E-state index is 14.3. The van der Waals surface area contributed by atoms with Crippen LogP contribution in [0.2, 0.25) is 0 Å². The Kier molecular flexibility index (Phi) is 44.9. The smallest absolute Gasteiger partial charge is 0.408 e. The molecule has 1 heterocycles. The predicted octanol–water partition coefficient (Wildman–Crippen LogP) is 7.63. The summed E-state index contributed by atoms with van der Waals surface area (Å²) in [5.74, 6) is -4.02. The van der Waals surface area contributed by atoms with Crippen LogP contribution in [0.3, 0.4) is 0 Å². The quantitative estimate of drug-likeness (QED) is 0.0211. The molecule has 0 spiro atoms. The summed E-state index contributed by atoms with van der Waals surface area (Å²) in [6.07, 6.45) is 11.4. The first kappa shape index (κ1) is 85.8. The van der Waals surface area contributed by atoms with Crippen molar-refractivity contribution in [2.75, 3.05) is 73.5 Å². The Hall–Kier alpha value is -7.29. The first-order valence-corrected chi connectivity index (χ1v) is 32.1. The maximum Gasteiger partial charge on any atom is 0.408 e. The number of likely N-dealkylation sites (N-methyl/N-ethyl adjacent to an activating group) is 2. The third-order valence-corrected chi connectivity index (χ3v) is 14.6. The van der Waals surface area contributed by atoms with Crippen molar-refractivity contribution in [3.05, 3.63) is 65.7 Å². The van der Waals surface area contributed by atoms with Crippen molar-refractivity contribution in [3.8, 4) is 12.8 Å². The lowest BCUT2D eigenvalue weighted by molar-refractivity contribution is -0.148. The number of nitrogens with one attached hydrogen (secondary N) is 6. The SMILES string of the molecule is C#C.CC.CCC.CCC.CC[C@H](C)C([C@@H](CC(=O)N1CCC[C@H]1[C@H](OC)[C@@H](C)C(=O)N[C@@H](Cc1ccccc1)C(=O)OC)OC)N(C)C(=O)CNC(=O)C(C(C)C)N(C)CCc1ccc(NC(=O)[C@H](CCCNC(N)=O)NC(=O)CNC(=O)OC(C)(C)C)cc1. The molecular formula is C68H116N10O13. The van der Waals surface area contributed by atoms with Crippen molar-refractivity contribution < 1.29 is 62.1 Å². The highest BCUT2D eigenvalue weighted by Crippen LogP contribution is 2.30. The summed E-state index contributed by atoms with van der Waals surface area (Å²) in [4.78, 5) is 123. The van der Waals surface area contributed by atoms with Gasteiger partial charge in [-0.05, 0) is 95.0 Å². The summed E-state index contributed by atoms with van der Waals surface area (Å²) in [7, 11) is 7.78. The zero-order valence-electron chi connectivity index (χ0n) is 58.5. The highest BCUT2D eigenvalue weighted by molar-refractivity contribution is 5.97. The Morgan fingerprint density at radius 1 is 0.747 bits per heavy atom. The number of anilines is 1. The van der Waals surface area contributed by atoms with Gasteiger partial charge in [0.25, 0.3) is 0 Å². The van der Waals surface area contributed by atoms with E-state index in [1.54, 1.807) is 56.7 Å². The monoisotopic (exact) mass is 1280 g/mol. The van der Waals surface area contributed by atoms with Crippen molar-refractivity contribution in [2.45, 2.75) is 209 Å². The fourth-order valence-corrected chi connectivity index (χ4v) is 10.1. The zero-order valence-corrected chi connectivity index (χ0v) is 58.5. The number of alkyl carbamates (subject to hydrolysis) is 1. The van der Waals surface area contributed by atoms with Crippen LogP contribution >= 0.6 is 0 Å². The minimum atomic E-state index is -1.01. The number of carbonyl (C=O) groups is 9. The van der Waals surface area contributed by atoms with Crippen LogP contribution in [0.25, 0.3) is 0 Å². The van der Waals surface area contributed by atoms with Crippen molar-refractivity contribution >= 4 is 59.2 Å². The number of esters is 1. The van der Waals surface area contributed by atoms with Crippen LogP contribution in [-0.4, -0.2) is 184 Å². The molecule has 91 heavy (non-hydrogen) atoms. The van der Waals surface area contributed by atoms with Gasteiger partial charge in [0.15, 0.2) is 0 Å².